The maximum absolute atomic E-state index is 9.55. The molecule has 0 saturated carbocycles. The summed E-state index contributed by atoms with van der Waals surface area (Å²) in [5.41, 5.74) is 1.70. The van der Waals surface area contributed by atoms with E-state index in [4.69, 9.17) is 0 Å². The van der Waals surface area contributed by atoms with Crippen molar-refractivity contribution in [1.82, 2.24) is 15.5 Å². The Morgan fingerprint density at radius 1 is 1.71 bits per heavy atom. The molecule has 0 fully saturated rings. The topological polar surface area (TPSA) is 58.0 Å². The summed E-state index contributed by atoms with van der Waals surface area (Å²) < 4.78 is 0.916. The lowest BCUT2D eigenvalue weighted by atomic mass is 10.4. The van der Waals surface area contributed by atoms with E-state index >= 15 is 0 Å². The van der Waals surface area contributed by atoms with E-state index < -0.39 is 0 Å². The number of hydrogen-bond donors (Lipinski definition) is 2. The fourth-order valence-electron chi connectivity index (χ4n) is 0.898. The first-order chi connectivity index (χ1) is 6.83. The van der Waals surface area contributed by atoms with Gasteiger partial charge in [-0.25, -0.2) is 0 Å². The van der Waals surface area contributed by atoms with Crippen LogP contribution in [0.3, 0.4) is 0 Å². The molecule has 0 amide bonds. The van der Waals surface area contributed by atoms with Crippen LogP contribution in [0.25, 0.3) is 0 Å². The molecule has 14 heavy (non-hydrogen) atoms. The van der Waals surface area contributed by atoms with Crippen LogP contribution in [0.2, 0.25) is 0 Å². The second-order valence-corrected chi connectivity index (χ2v) is 4.97. The second kappa shape index (κ2) is 7.17. The van der Waals surface area contributed by atoms with E-state index in [9.17, 15) is 5.11 Å². The molecule has 1 aromatic rings. The van der Waals surface area contributed by atoms with Gasteiger partial charge < -0.3 is 10.4 Å². The molecular weight excluding hydrogens is 218 g/mol. The van der Waals surface area contributed by atoms with Crippen LogP contribution in [0.15, 0.2) is 9.85 Å². The molecule has 0 aliphatic heterocycles. The highest BCUT2D eigenvalue weighted by molar-refractivity contribution is 8.01. The summed E-state index contributed by atoms with van der Waals surface area (Å²) in [6.45, 7) is 3.72. The summed E-state index contributed by atoms with van der Waals surface area (Å²) >= 11 is 3.05. The summed E-state index contributed by atoms with van der Waals surface area (Å²) in [5, 5.41) is 20.3. The molecule has 2 N–H and O–H groups in total. The Hall–Kier alpha value is -0.170. The lowest BCUT2D eigenvalue weighted by Crippen LogP contribution is -2.28. The van der Waals surface area contributed by atoms with Crippen molar-refractivity contribution < 1.29 is 5.11 Å². The molecule has 0 aliphatic carbocycles. The molecule has 0 aliphatic rings. The Morgan fingerprint density at radius 2 is 2.57 bits per heavy atom. The molecule has 1 aromatic heterocycles. The maximum Gasteiger partial charge on any atom is 0.174 e. The lowest BCUT2D eigenvalue weighted by molar-refractivity contribution is 0.196. The number of thioether (sulfide) groups is 1. The van der Waals surface area contributed by atoms with Gasteiger partial charge in [-0.15, -0.1) is 10.2 Å². The van der Waals surface area contributed by atoms with Gasteiger partial charge in [-0.1, -0.05) is 30.0 Å². The normalized spacial score (nSPS) is 13.0. The fourth-order valence-corrected chi connectivity index (χ4v) is 2.34. The van der Waals surface area contributed by atoms with Gasteiger partial charge in [0, 0.05) is 12.3 Å². The number of nitrogens with one attached hydrogen (secondary N) is 1. The van der Waals surface area contributed by atoms with Gasteiger partial charge in [-0.05, 0) is 13.0 Å². The third-order valence-electron chi connectivity index (χ3n) is 1.55. The largest absolute Gasteiger partial charge is 0.391 e. The molecule has 1 heterocycles. The summed E-state index contributed by atoms with van der Waals surface area (Å²) in [5.74, 6) is 0.673. The van der Waals surface area contributed by atoms with Crippen molar-refractivity contribution in [3.05, 3.63) is 5.51 Å². The Balaban J connectivity index is 2.06. The second-order valence-electron chi connectivity index (χ2n) is 2.87. The number of hydrogen-bond acceptors (Lipinski definition) is 6. The molecule has 0 radical (unpaired) electrons. The molecule has 4 nitrogen and oxygen atoms in total. The van der Waals surface area contributed by atoms with Crippen molar-refractivity contribution in [2.24, 2.45) is 0 Å². The molecule has 1 rings (SSSR count). The first-order valence-corrected chi connectivity index (χ1v) is 6.47. The maximum atomic E-state index is 9.55. The van der Waals surface area contributed by atoms with E-state index in [1.807, 2.05) is 0 Å². The van der Waals surface area contributed by atoms with E-state index in [-0.39, 0.29) is 6.10 Å². The minimum atomic E-state index is -0.310. The zero-order valence-corrected chi connectivity index (χ0v) is 9.77. The molecule has 0 bridgehead atoms. The Bertz CT molecular complexity index is 231. The average molecular weight is 233 g/mol. The van der Waals surface area contributed by atoms with Gasteiger partial charge in [-0.2, -0.15) is 0 Å². The van der Waals surface area contributed by atoms with Gasteiger partial charge in [0.2, 0.25) is 0 Å². The number of rotatable bonds is 7. The highest BCUT2D eigenvalue weighted by atomic mass is 32.2. The van der Waals surface area contributed by atoms with Crippen molar-refractivity contribution in [2.75, 3.05) is 18.8 Å². The molecular formula is C8H15N3OS2. The van der Waals surface area contributed by atoms with E-state index in [1.165, 1.54) is 11.3 Å². The number of nitrogens with zero attached hydrogens (tertiary/aromatic N) is 2. The summed E-state index contributed by atoms with van der Waals surface area (Å²) in [4.78, 5) is 0. The van der Waals surface area contributed by atoms with Gasteiger partial charge in [0.1, 0.15) is 5.51 Å². The predicted octanol–water partition coefficient (Wildman–Crippen LogP) is 0.991. The van der Waals surface area contributed by atoms with Crippen LogP contribution in [-0.4, -0.2) is 40.3 Å². The average Bonchev–Trinajstić information content (AvgIpc) is 2.68. The number of aromatic nitrogens is 2. The first-order valence-electron chi connectivity index (χ1n) is 4.60. The van der Waals surface area contributed by atoms with Gasteiger partial charge in [0.15, 0.2) is 4.34 Å². The SMILES string of the molecule is CCCNCC(O)CSc1nncs1. The third kappa shape index (κ3) is 4.90. The van der Waals surface area contributed by atoms with Crippen LogP contribution < -0.4 is 5.32 Å². The minimum absolute atomic E-state index is 0.310. The Morgan fingerprint density at radius 3 is 3.21 bits per heavy atom. The van der Waals surface area contributed by atoms with Crippen LogP contribution >= 0.6 is 23.1 Å². The van der Waals surface area contributed by atoms with Gasteiger partial charge in [0.05, 0.1) is 6.10 Å². The highest BCUT2D eigenvalue weighted by Crippen LogP contribution is 2.19. The summed E-state index contributed by atoms with van der Waals surface area (Å²) in [6, 6.07) is 0. The third-order valence-corrected chi connectivity index (χ3v) is 3.55. The highest BCUT2D eigenvalue weighted by Gasteiger charge is 2.05. The smallest absolute Gasteiger partial charge is 0.174 e. The number of aliphatic hydroxyl groups excluding tert-OH is 1. The predicted molar refractivity (Wildman–Crippen MR) is 59.8 cm³/mol. The quantitative estimate of drug-likeness (QED) is 0.543. The molecule has 6 heteroatoms. The Labute approximate surface area is 92.1 Å². The molecule has 0 spiro atoms. The van der Waals surface area contributed by atoms with E-state index in [0.29, 0.717) is 12.3 Å². The van der Waals surface area contributed by atoms with Crippen LogP contribution in [0.1, 0.15) is 13.3 Å². The molecule has 1 unspecified atom stereocenters. The van der Waals surface area contributed by atoms with E-state index in [0.717, 1.165) is 17.3 Å². The summed E-state index contributed by atoms with van der Waals surface area (Å²) in [7, 11) is 0. The van der Waals surface area contributed by atoms with Gasteiger partial charge in [-0.3, -0.25) is 0 Å². The number of aliphatic hydroxyl groups is 1. The van der Waals surface area contributed by atoms with Gasteiger partial charge >= 0.3 is 0 Å². The first kappa shape index (κ1) is 11.9. The molecule has 80 valence electrons. The lowest BCUT2D eigenvalue weighted by Gasteiger charge is -2.09. The fraction of sp³-hybridized carbons (Fsp3) is 0.750. The minimum Gasteiger partial charge on any atom is -0.391 e. The Kier molecular flexibility index (Phi) is 6.09. The zero-order valence-electron chi connectivity index (χ0n) is 8.14. The van der Waals surface area contributed by atoms with Crippen LogP contribution in [0.5, 0.6) is 0 Å². The van der Waals surface area contributed by atoms with Gasteiger partial charge in [0.25, 0.3) is 0 Å². The van der Waals surface area contributed by atoms with Crippen molar-refractivity contribution in [2.45, 2.75) is 23.8 Å². The monoisotopic (exact) mass is 233 g/mol. The standard InChI is InChI=1S/C8H15N3OS2/c1-2-3-9-4-7(12)5-13-8-11-10-6-14-8/h6-7,9,12H,2-5H2,1H3. The van der Waals surface area contributed by atoms with Crippen LogP contribution in [-0.2, 0) is 0 Å². The molecule has 1 atom stereocenters. The zero-order chi connectivity index (χ0) is 10.2. The van der Waals surface area contributed by atoms with E-state index in [2.05, 4.69) is 22.4 Å². The van der Waals surface area contributed by atoms with Crippen molar-refractivity contribution in [3.63, 3.8) is 0 Å². The molecule has 0 aromatic carbocycles. The van der Waals surface area contributed by atoms with Crippen molar-refractivity contribution in [1.29, 1.82) is 0 Å². The van der Waals surface area contributed by atoms with Crippen LogP contribution in [0.4, 0.5) is 0 Å². The van der Waals surface area contributed by atoms with E-state index in [1.54, 1.807) is 17.3 Å². The van der Waals surface area contributed by atoms with Crippen molar-refractivity contribution >= 4 is 23.1 Å². The molecule has 0 saturated heterocycles. The van der Waals surface area contributed by atoms with Crippen LogP contribution in [0, 0.1) is 0 Å². The summed E-state index contributed by atoms with van der Waals surface area (Å²) in [6.07, 6.45) is 0.784. The van der Waals surface area contributed by atoms with Crippen molar-refractivity contribution in [3.8, 4) is 0 Å².